The lowest BCUT2D eigenvalue weighted by Crippen LogP contribution is -2.10. The number of methoxy groups -OCH3 is 1. The Bertz CT molecular complexity index is 551. The first-order valence-corrected chi connectivity index (χ1v) is 6.87. The minimum absolute atomic E-state index is 0. The molecule has 0 unspecified atom stereocenters. The van der Waals surface area contributed by atoms with Gasteiger partial charge in [0.05, 0.1) is 7.11 Å². The van der Waals surface area contributed by atoms with Crippen LogP contribution in [0.15, 0.2) is 41.3 Å². The van der Waals surface area contributed by atoms with Crippen LogP contribution < -0.4 is 10.3 Å². The van der Waals surface area contributed by atoms with E-state index in [1.54, 1.807) is 13.3 Å². The van der Waals surface area contributed by atoms with E-state index in [4.69, 9.17) is 4.74 Å². The van der Waals surface area contributed by atoms with E-state index in [2.05, 4.69) is 23.8 Å². The molecule has 2 aromatic heterocycles. The number of pyridine rings is 2. The summed E-state index contributed by atoms with van der Waals surface area (Å²) >= 11 is 0. The third kappa shape index (κ3) is 5.26. The van der Waals surface area contributed by atoms with Crippen LogP contribution in [0.5, 0.6) is 5.88 Å². The lowest BCUT2D eigenvalue weighted by molar-refractivity contribution is 0.396. The number of rotatable bonds is 4. The maximum absolute atomic E-state index is 11.0. The summed E-state index contributed by atoms with van der Waals surface area (Å²) in [5, 5.41) is 0. The second-order valence-electron chi connectivity index (χ2n) is 4.30. The molecule has 0 fully saturated rings. The van der Waals surface area contributed by atoms with Crippen molar-refractivity contribution in [3.63, 3.8) is 0 Å². The Hall–Kier alpha value is -2.10. The normalized spacial score (nSPS) is 9.55. The number of aromatic nitrogens is 2. The first-order valence-electron chi connectivity index (χ1n) is 6.87. The molecule has 2 rings (SSSR count). The highest BCUT2D eigenvalue weighted by molar-refractivity contribution is 5.15. The van der Waals surface area contributed by atoms with Gasteiger partial charge in [0.25, 0.3) is 5.56 Å². The van der Waals surface area contributed by atoms with Crippen LogP contribution in [0.25, 0.3) is 0 Å². The molecule has 0 aliphatic heterocycles. The predicted molar refractivity (Wildman–Crippen MR) is 83.3 cm³/mol. The zero-order valence-electron chi connectivity index (χ0n) is 12.3. The van der Waals surface area contributed by atoms with Crippen molar-refractivity contribution in [3.05, 3.63) is 58.1 Å². The summed E-state index contributed by atoms with van der Waals surface area (Å²) < 4.78 is 4.95. The highest BCUT2D eigenvalue weighted by Crippen LogP contribution is 2.06. The van der Waals surface area contributed by atoms with Gasteiger partial charge in [-0.3, -0.25) is 4.79 Å². The van der Waals surface area contributed by atoms with E-state index >= 15 is 0 Å². The standard InChI is InChI=1S/2C8H11NO.H2/c1-3-7-5-4-6-8(9-7)10-2;1-2-4-7-5-3-6-9-8(7)10;/h4-6H,3H2,1-2H3;3,5-6H,2,4H2,1H3,(H,9,10);1H. The number of hydrogen-bond donors (Lipinski definition) is 1. The van der Waals surface area contributed by atoms with E-state index in [1.807, 2.05) is 30.3 Å². The van der Waals surface area contributed by atoms with Gasteiger partial charge in [0.1, 0.15) is 0 Å². The van der Waals surface area contributed by atoms with Crippen molar-refractivity contribution in [2.45, 2.75) is 33.1 Å². The van der Waals surface area contributed by atoms with E-state index < -0.39 is 0 Å². The Morgan fingerprint density at radius 3 is 2.65 bits per heavy atom. The van der Waals surface area contributed by atoms with Crippen LogP contribution in [0.4, 0.5) is 0 Å². The summed E-state index contributed by atoms with van der Waals surface area (Å²) in [6.45, 7) is 4.13. The molecule has 0 atom stereocenters. The predicted octanol–water partition coefficient (Wildman–Crippen LogP) is 3.23. The molecule has 110 valence electrons. The van der Waals surface area contributed by atoms with Gasteiger partial charge in [0.15, 0.2) is 0 Å². The Balaban J connectivity index is 0.000000364. The minimum Gasteiger partial charge on any atom is -0.481 e. The van der Waals surface area contributed by atoms with Crippen LogP contribution >= 0.6 is 0 Å². The van der Waals surface area contributed by atoms with E-state index in [-0.39, 0.29) is 6.99 Å². The average molecular weight is 276 g/mol. The molecule has 0 aromatic carbocycles. The van der Waals surface area contributed by atoms with Crippen LogP contribution in [-0.2, 0) is 12.8 Å². The highest BCUT2D eigenvalue weighted by Gasteiger charge is 1.93. The molecule has 0 spiro atoms. The van der Waals surface area contributed by atoms with Crippen LogP contribution in [0.2, 0.25) is 0 Å². The SMILES string of the molecule is CCCc1ccc[nH]c1=O.CCc1cccc(OC)n1.[HH]. The van der Waals surface area contributed by atoms with Crippen molar-refractivity contribution in [3.8, 4) is 5.88 Å². The number of hydrogen-bond acceptors (Lipinski definition) is 3. The zero-order valence-corrected chi connectivity index (χ0v) is 12.3. The van der Waals surface area contributed by atoms with Crippen LogP contribution in [0.1, 0.15) is 33.0 Å². The molecular formula is C16H24N2O2. The molecule has 0 saturated carbocycles. The van der Waals surface area contributed by atoms with Crippen LogP contribution in [0, 0.1) is 0 Å². The molecule has 4 heteroatoms. The van der Waals surface area contributed by atoms with Gasteiger partial charge in [-0.25, -0.2) is 4.98 Å². The Labute approximate surface area is 121 Å². The van der Waals surface area contributed by atoms with Gasteiger partial charge >= 0.3 is 0 Å². The van der Waals surface area contributed by atoms with E-state index in [0.717, 1.165) is 30.5 Å². The van der Waals surface area contributed by atoms with Crippen molar-refractivity contribution in [1.29, 1.82) is 0 Å². The van der Waals surface area contributed by atoms with E-state index in [1.165, 1.54) is 0 Å². The fourth-order valence-electron chi connectivity index (χ4n) is 1.69. The Morgan fingerprint density at radius 1 is 1.25 bits per heavy atom. The second kappa shape index (κ2) is 8.91. The van der Waals surface area contributed by atoms with Gasteiger partial charge in [-0.1, -0.05) is 32.4 Å². The molecule has 0 bridgehead atoms. The van der Waals surface area contributed by atoms with Gasteiger partial charge in [0.2, 0.25) is 5.88 Å². The largest absolute Gasteiger partial charge is 0.481 e. The fourth-order valence-corrected chi connectivity index (χ4v) is 1.69. The van der Waals surface area contributed by atoms with Crippen molar-refractivity contribution < 1.29 is 6.16 Å². The lowest BCUT2D eigenvalue weighted by Gasteiger charge is -1.98. The van der Waals surface area contributed by atoms with E-state index in [9.17, 15) is 4.79 Å². The van der Waals surface area contributed by atoms with Gasteiger partial charge in [-0.15, -0.1) is 0 Å². The van der Waals surface area contributed by atoms with Crippen molar-refractivity contribution in [2.24, 2.45) is 0 Å². The number of aryl methyl sites for hydroxylation is 2. The van der Waals surface area contributed by atoms with E-state index in [0.29, 0.717) is 5.88 Å². The highest BCUT2D eigenvalue weighted by atomic mass is 16.5. The fraction of sp³-hybridized carbons (Fsp3) is 0.375. The molecular weight excluding hydrogens is 252 g/mol. The summed E-state index contributed by atoms with van der Waals surface area (Å²) in [6.07, 6.45) is 4.50. The van der Waals surface area contributed by atoms with Gasteiger partial charge in [-0.2, -0.15) is 0 Å². The molecule has 2 heterocycles. The number of H-pyrrole nitrogens is 1. The van der Waals surface area contributed by atoms with Crippen molar-refractivity contribution in [1.82, 2.24) is 9.97 Å². The topological polar surface area (TPSA) is 55.0 Å². The summed E-state index contributed by atoms with van der Waals surface area (Å²) in [7, 11) is 1.63. The number of ether oxygens (including phenoxy) is 1. The van der Waals surface area contributed by atoms with Crippen LogP contribution in [0.3, 0.4) is 0 Å². The zero-order chi connectivity index (χ0) is 14.8. The first kappa shape index (κ1) is 16.0. The molecule has 0 amide bonds. The smallest absolute Gasteiger partial charge is 0.251 e. The lowest BCUT2D eigenvalue weighted by atomic mass is 10.2. The first-order chi connectivity index (χ1) is 9.71. The summed E-state index contributed by atoms with van der Waals surface area (Å²) in [4.78, 5) is 17.8. The summed E-state index contributed by atoms with van der Waals surface area (Å²) in [5.41, 5.74) is 1.99. The Kier molecular flexibility index (Phi) is 7.11. The number of aromatic amines is 1. The van der Waals surface area contributed by atoms with Crippen LogP contribution in [-0.4, -0.2) is 17.1 Å². The molecule has 20 heavy (non-hydrogen) atoms. The molecule has 1 N–H and O–H groups in total. The third-order valence-electron chi connectivity index (χ3n) is 2.77. The molecule has 0 saturated heterocycles. The van der Waals surface area contributed by atoms with Gasteiger partial charge in [0, 0.05) is 24.9 Å². The average Bonchev–Trinajstić information content (AvgIpc) is 2.50. The minimum atomic E-state index is 0. The number of nitrogens with one attached hydrogen (secondary N) is 1. The monoisotopic (exact) mass is 276 g/mol. The maximum atomic E-state index is 11.0. The molecule has 0 aliphatic carbocycles. The molecule has 0 radical (unpaired) electrons. The summed E-state index contributed by atoms with van der Waals surface area (Å²) in [6, 6.07) is 9.50. The van der Waals surface area contributed by atoms with Gasteiger partial charge < -0.3 is 9.72 Å². The summed E-state index contributed by atoms with van der Waals surface area (Å²) in [5.74, 6) is 0.694. The quantitative estimate of drug-likeness (QED) is 0.932. The third-order valence-corrected chi connectivity index (χ3v) is 2.77. The molecule has 0 aliphatic rings. The Morgan fingerprint density at radius 2 is 2.05 bits per heavy atom. The van der Waals surface area contributed by atoms with Gasteiger partial charge in [-0.05, 0) is 25.0 Å². The van der Waals surface area contributed by atoms with Crippen molar-refractivity contribution >= 4 is 0 Å². The second-order valence-corrected chi connectivity index (χ2v) is 4.30. The molecule has 2 aromatic rings. The molecule has 4 nitrogen and oxygen atoms in total. The number of nitrogens with zero attached hydrogens (tertiary/aromatic N) is 1. The maximum Gasteiger partial charge on any atom is 0.251 e. The van der Waals surface area contributed by atoms with Crippen molar-refractivity contribution in [2.75, 3.05) is 7.11 Å².